The molecule has 4 N–H and O–H groups in total. The third-order valence-electron chi connectivity index (χ3n) is 6.42. The van der Waals surface area contributed by atoms with Gasteiger partial charge in [0.25, 0.3) is 5.91 Å². The number of carbonyl (C=O) groups excluding carboxylic acids is 1. The molecular weight excluding hydrogens is 426 g/mol. The van der Waals surface area contributed by atoms with Crippen LogP contribution >= 0.6 is 0 Å². The second-order valence-corrected chi connectivity index (χ2v) is 8.84. The minimum atomic E-state index is -0.245. The lowest BCUT2D eigenvalue weighted by molar-refractivity contribution is 0.0964. The first kappa shape index (κ1) is 21.9. The fourth-order valence-corrected chi connectivity index (χ4v) is 4.14. The van der Waals surface area contributed by atoms with Crippen LogP contribution in [-0.4, -0.2) is 39.4 Å². The lowest BCUT2D eigenvalue weighted by Crippen LogP contribution is -2.20. The number of nitrogens with zero attached hydrogens (tertiary/aromatic N) is 4. The van der Waals surface area contributed by atoms with Crippen LogP contribution in [0.1, 0.15) is 47.3 Å². The number of rotatable bonds is 7. The number of aromatic nitrogens is 4. The predicted octanol–water partition coefficient (Wildman–Crippen LogP) is 3.61. The number of amides is 1. The summed E-state index contributed by atoms with van der Waals surface area (Å²) in [6.07, 6.45) is 7.03. The summed E-state index contributed by atoms with van der Waals surface area (Å²) in [5, 5.41) is 6.95. The summed E-state index contributed by atoms with van der Waals surface area (Å²) < 4.78 is 0. The Hall–Kier alpha value is -3.91. The molecule has 1 atom stereocenters. The Kier molecular flexibility index (Phi) is 5.67. The lowest BCUT2D eigenvalue weighted by atomic mass is 9.96. The van der Waals surface area contributed by atoms with Crippen LogP contribution in [0.2, 0.25) is 0 Å². The molecule has 1 aliphatic carbocycles. The van der Waals surface area contributed by atoms with E-state index in [1.165, 1.54) is 0 Å². The zero-order valence-corrected chi connectivity index (χ0v) is 19.2. The van der Waals surface area contributed by atoms with E-state index in [2.05, 4.69) is 43.6 Å². The molecule has 3 aromatic heterocycles. The molecule has 0 unspecified atom stereocenters. The van der Waals surface area contributed by atoms with Crippen LogP contribution in [-0.2, 0) is 5.54 Å². The van der Waals surface area contributed by atoms with Gasteiger partial charge in [0.15, 0.2) is 0 Å². The average Bonchev–Trinajstić information content (AvgIpc) is 3.64. The third-order valence-corrected chi connectivity index (χ3v) is 6.42. The quantitative estimate of drug-likeness (QED) is 0.391. The van der Waals surface area contributed by atoms with E-state index in [0.717, 1.165) is 52.1 Å². The van der Waals surface area contributed by atoms with Gasteiger partial charge in [-0.05, 0) is 36.6 Å². The van der Waals surface area contributed by atoms with E-state index in [1.54, 1.807) is 25.6 Å². The summed E-state index contributed by atoms with van der Waals surface area (Å²) in [6, 6.07) is 13.6. The van der Waals surface area contributed by atoms with E-state index in [0.29, 0.717) is 12.1 Å². The van der Waals surface area contributed by atoms with Gasteiger partial charge < -0.3 is 16.4 Å². The van der Waals surface area contributed by atoms with Crippen LogP contribution in [0, 0.1) is 0 Å². The summed E-state index contributed by atoms with van der Waals surface area (Å²) in [5.74, 6) is 0.748. The zero-order chi connectivity index (χ0) is 23.7. The van der Waals surface area contributed by atoms with Crippen LogP contribution in [0.5, 0.6) is 0 Å². The monoisotopic (exact) mass is 453 g/mol. The molecule has 1 aliphatic rings. The van der Waals surface area contributed by atoms with Crippen LogP contribution in [0.4, 0.5) is 5.82 Å². The fraction of sp³-hybridized carbons (Fsp3) is 0.269. The number of para-hydroxylation sites is 1. The molecule has 4 aromatic rings. The molecule has 0 aliphatic heterocycles. The van der Waals surface area contributed by atoms with Gasteiger partial charge in [-0.1, -0.05) is 25.1 Å². The predicted molar refractivity (Wildman–Crippen MR) is 132 cm³/mol. The number of nitrogens with two attached hydrogens (primary N) is 1. The van der Waals surface area contributed by atoms with Gasteiger partial charge in [-0.15, -0.1) is 0 Å². The lowest BCUT2D eigenvalue weighted by Gasteiger charge is -2.16. The number of benzene rings is 1. The Bertz CT molecular complexity index is 1350. The molecule has 0 radical (unpaired) electrons. The number of hydrogen-bond acceptors (Lipinski definition) is 7. The SMILES string of the molecule is CNC(=O)c1ccnc2c([C@H](C)CNc3cc(-c4ccc(C5(N)CC5)nc4)ncn3)cccc12. The maximum atomic E-state index is 12.3. The van der Waals surface area contributed by atoms with Gasteiger partial charge in [-0.25, -0.2) is 9.97 Å². The van der Waals surface area contributed by atoms with Crippen molar-refractivity contribution in [1.82, 2.24) is 25.3 Å². The highest BCUT2D eigenvalue weighted by Gasteiger charge is 2.41. The molecule has 8 nitrogen and oxygen atoms in total. The van der Waals surface area contributed by atoms with E-state index in [1.807, 2.05) is 36.5 Å². The molecule has 1 amide bonds. The molecule has 34 heavy (non-hydrogen) atoms. The Morgan fingerprint density at radius 1 is 1.12 bits per heavy atom. The topological polar surface area (TPSA) is 119 Å². The van der Waals surface area contributed by atoms with E-state index in [9.17, 15) is 4.79 Å². The zero-order valence-electron chi connectivity index (χ0n) is 19.2. The molecule has 8 heteroatoms. The molecule has 0 saturated heterocycles. The van der Waals surface area contributed by atoms with E-state index in [-0.39, 0.29) is 17.4 Å². The van der Waals surface area contributed by atoms with E-state index >= 15 is 0 Å². The smallest absolute Gasteiger partial charge is 0.251 e. The number of carbonyl (C=O) groups is 1. The number of nitrogens with one attached hydrogen (secondary N) is 2. The highest BCUT2D eigenvalue weighted by Crippen LogP contribution is 2.41. The number of anilines is 1. The Morgan fingerprint density at radius 3 is 2.71 bits per heavy atom. The van der Waals surface area contributed by atoms with Gasteiger partial charge >= 0.3 is 0 Å². The normalized spacial score (nSPS) is 15.0. The van der Waals surface area contributed by atoms with Gasteiger partial charge in [0.2, 0.25) is 0 Å². The Morgan fingerprint density at radius 2 is 1.97 bits per heavy atom. The first-order valence-corrected chi connectivity index (χ1v) is 11.4. The fourth-order valence-electron chi connectivity index (χ4n) is 4.14. The molecule has 1 saturated carbocycles. The molecule has 1 fully saturated rings. The summed E-state index contributed by atoms with van der Waals surface area (Å²) in [6.45, 7) is 2.77. The van der Waals surface area contributed by atoms with Crippen molar-refractivity contribution in [3.8, 4) is 11.3 Å². The van der Waals surface area contributed by atoms with Crippen LogP contribution in [0.15, 0.2) is 61.2 Å². The van der Waals surface area contributed by atoms with Gasteiger partial charge in [-0.3, -0.25) is 14.8 Å². The van der Waals surface area contributed by atoms with Crippen LogP contribution in [0.3, 0.4) is 0 Å². The summed E-state index contributed by atoms with van der Waals surface area (Å²) >= 11 is 0. The van der Waals surface area contributed by atoms with Crippen molar-refractivity contribution in [2.75, 3.05) is 18.9 Å². The second kappa shape index (κ2) is 8.79. The molecule has 5 rings (SSSR count). The highest BCUT2D eigenvalue weighted by molar-refractivity contribution is 6.06. The summed E-state index contributed by atoms with van der Waals surface area (Å²) in [7, 11) is 1.63. The van der Waals surface area contributed by atoms with Crippen LogP contribution in [0.25, 0.3) is 22.2 Å². The second-order valence-electron chi connectivity index (χ2n) is 8.84. The molecule has 172 valence electrons. The number of pyridine rings is 2. The van der Waals surface area contributed by atoms with Crippen LogP contribution < -0.4 is 16.4 Å². The van der Waals surface area contributed by atoms with Crippen molar-refractivity contribution in [3.05, 3.63) is 78.0 Å². The van der Waals surface area contributed by atoms with Crippen molar-refractivity contribution in [2.24, 2.45) is 5.73 Å². The van der Waals surface area contributed by atoms with Crippen molar-refractivity contribution >= 4 is 22.6 Å². The van der Waals surface area contributed by atoms with Gasteiger partial charge in [0.05, 0.1) is 28.0 Å². The van der Waals surface area contributed by atoms with Gasteiger partial charge in [0, 0.05) is 48.9 Å². The van der Waals surface area contributed by atoms with E-state index in [4.69, 9.17) is 5.73 Å². The Labute approximate surface area is 198 Å². The third kappa shape index (κ3) is 4.20. The van der Waals surface area contributed by atoms with E-state index < -0.39 is 0 Å². The maximum Gasteiger partial charge on any atom is 0.251 e. The molecule has 3 heterocycles. The first-order valence-electron chi connectivity index (χ1n) is 11.4. The molecule has 1 aromatic carbocycles. The van der Waals surface area contributed by atoms with Gasteiger partial charge in [-0.2, -0.15) is 0 Å². The molecular formula is C26H27N7O. The molecule has 0 spiro atoms. The van der Waals surface area contributed by atoms with Crippen molar-refractivity contribution < 1.29 is 4.79 Å². The minimum Gasteiger partial charge on any atom is -0.369 e. The summed E-state index contributed by atoms with van der Waals surface area (Å²) in [4.78, 5) is 30.2. The summed E-state index contributed by atoms with van der Waals surface area (Å²) in [5.41, 5.74) is 11.2. The number of hydrogen-bond donors (Lipinski definition) is 3. The van der Waals surface area contributed by atoms with Crippen molar-refractivity contribution in [3.63, 3.8) is 0 Å². The van der Waals surface area contributed by atoms with Crippen molar-refractivity contribution in [1.29, 1.82) is 0 Å². The van der Waals surface area contributed by atoms with Crippen molar-refractivity contribution in [2.45, 2.75) is 31.2 Å². The maximum absolute atomic E-state index is 12.3. The standard InChI is InChI=1S/C26H27N7O/c1-16(18-4-3-5-19-20(25(34)28-2)8-11-29-24(18)19)13-31-23-12-21(32-15-33-23)17-6-7-22(30-14-17)26(27)9-10-26/h3-8,11-12,14-16H,9-10,13,27H2,1-2H3,(H,28,34)(H,31,32,33)/t16-/m1/s1. The highest BCUT2D eigenvalue weighted by atomic mass is 16.1. The largest absolute Gasteiger partial charge is 0.369 e. The minimum absolute atomic E-state index is 0.120. The number of fused-ring (bicyclic) bond motifs is 1. The van der Waals surface area contributed by atoms with Gasteiger partial charge in [0.1, 0.15) is 12.1 Å². The molecule has 0 bridgehead atoms. The Balaban J connectivity index is 1.33. The average molecular weight is 454 g/mol. The first-order chi connectivity index (χ1) is 16.5.